The molecule has 0 aromatic heterocycles. The SMILES string of the molecule is CCCCC(NCC1CCOC1C)c1ccccc1. The lowest BCUT2D eigenvalue weighted by Crippen LogP contribution is -2.30. The van der Waals surface area contributed by atoms with Gasteiger partial charge in [-0.05, 0) is 31.2 Å². The molecule has 1 aromatic carbocycles. The van der Waals surface area contributed by atoms with E-state index in [-0.39, 0.29) is 0 Å². The van der Waals surface area contributed by atoms with Crippen molar-refractivity contribution in [3.63, 3.8) is 0 Å². The number of hydrogen-bond acceptors (Lipinski definition) is 2. The summed E-state index contributed by atoms with van der Waals surface area (Å²) in [6.07, 6.45) is 5.37. The highest BCUT2D eigenvalue weighted by Gasteiger charge is 2.24. The minimum absolute atomic E-state index is 0.412. The third-order valence-electron chi connectivity index (χ3n) is 4.21. The van der Waals surface area contributed by atoms with Gasteiger partial charge in [0.2, 0.25) is 0 Å². The van der Waals surface area contributed by atoms with E-state index >= 15 is 0 Å². The van der Waals surface area contributed by atoms with Gasteiger partial charge in [0.25, 0.3) is 0 Å². The van der Waals surface area contributed by atoms with Gasteiger partial charge in [0.05, 0.1) is 6.10 Å². The Morgan fingerprint density at radius 1 is 1.32 bits per heavy atom. The lowest BCUT2D eigenvalue weighted by Gasteiger charge is -2.22. The second-order valence-corrected chi connectivity index (χ2v) is 5.64. The molecule has 0 amide bonds. The van der Waals surface area contributed by atoms with Crippen molar-refractivity contribution in [1.29, 1.82) is 0 Å². The van der Waals surface area contributed by atoms with Gasteiger partial charge in [0.1, 0.15) is 0 Å². The van der Waals surface area contributed by atoms with Crippen molar-refractivity contribution in [2.24, 2.45) is 5.92 Å². The zero-order valence-electron chi connectivity index (χ0n) is 12.3. The molecular weight excluding hydrogens is 234 g/mol. The molecule has 3 atom stereocenters. The number of rotatable bonds is 7. The third kappa shape index (κ3) is 4.32. The minimum atomic E-state index is 0.412. The maximum Gasteiger partial charge on any atom is 0.0588 e. The van der Waals surface area contributed by atoms with Gasteiger partial charge in [0.15, 0.2) is 0 Å². The average Bonchev–Trinajstić information content (AvgIpc) is 2.85. The molecule has 0 bridgehead atoms. The Bertz CT molecular complexity index is 352. The fourth-order valence-electron chi connectivity index (χ4n) is 2.82. The summed E-state index contributed by atoms with van der Waals surface area (Å²) in [5, 5.41) is 3.76. The van der Waals surface area contributed by atoms with Crippen LogP contribution in [0, 0.1) is 5.92 Å². The fraction of sp³-hybridized carbons (Fsp3) is 0.647. The van der Waals surface area contributed by atoms with Gasteiger partial charge >= 0.3 is 0 Å². The zero-order valence-corrected chi connectivity index (χ0v) is 12.3. The molecule has 1 saturated heterocycles. The van der Waals surface area contributed by atoms with Crippen LogP contribution in [0.5, 0.6) is 0 Å². The Balaban J connectivity index is 1.90. The maximum atomic E-state index is 5.64. The molecule has 2 rings (SSSR count). The largest absolute Gasteiger partial charge is 0.378 e. The molecule has 0 aliphatic carbocycles. The van der Waals surface area contributed by atoms with Crippen molar-refractivity contribution in [3.8, 4) is 0 Å². The van der Waals surface area contributed by atoms with Crippen LogP contribution in [0.15, 0.2) is 30.3 Å². The first-order valence-electron chi connectivity index (χ1n) is 7.71. The average molecular weight is 261 g/mol. The molecule has 1 heterocycles. The molecule has 1 N–H and O–H groups in total. The van der Waals surface area contributed by atoms with Crippen LogP contribution in [0.25, 0.3) is 0 Å². The summed E-state index contributed by atoms with van der Waals surface area (Å²) in [5.41, 5.74) is 1.42. The molecule has 2 heteroatoms. The Morgan fingerprint density at radius 3 is 2.74 bits per heavy atom. The van der Waals surface area contributed by atoms with Crippen molar-refractivity contribution in [2.45, 2.75) is 51.7 Å². The van der Waals surface area contributed by atoms with E-state index in [1.165, 1.54) is 31.2 Å². The van der Waals surface area contributed by atoms with E-state index in [1.807, 2.05) is 0 Å². The van der Waals surface area contributed by atoms with Crippen LogP contribution in [-0.4, -0.2) is 19.3 Å². The van der Waals surface area contributed by atoms with E-state index < -0.39 is 0 Å². The second kappa shape index (κ2) is 7.66. The van der Waals surface area contributed by atoms with E-state index in [1.54, 1.807) is 0 Å². The van der Waals surface area contributed by atoms with E-state index in [4.69, 9.17) is 4.74 Å². The van der Waals surface area contributed by atoms with Gasteiger partial charge in [-0.3, -0.25) is 0 Å². The van der Waals surface area contributed by atoms with Gasteiger partial charge in [0, 0.05) is 19.2 Å². The third-order valence-corrected chi connectivity index (χ3v) is 4.21. The number of hydrogen-bond donors (Lipinski definition) is 1. The summed E-state index contributed by atoms with van der Waals surface area (Å²) in [7, 11) is 0. The van der Waals surface area contributed by atoms with Gasteiger partial charge in [-0.1, -0.05) is 50.1 Å². The minimum Gasteiger partial charge on any atom is -0.378 e. The molecule has 1 fully saturated rings. The van der Waals surface area contributed by atoms with E-state index in [9.17, 15) is 0 Å². The van der Waals surface area contributed by atoms with Crippen molar-refractivity contribution in [1.82, 2.24) is 5.32 Å². The topological polar surface area (TPSA) is 21.3 Å². The highest BCUT2D eigenvalue weighted by Crippen LogP contribution is 2.23. The lowest BCUT2D eigenvalue weighted by atomic mass is 9.98. The molecule has 3 unspecified atom stereocenters. The fourth-order valence-corrected chi connectivity index (χ4v) is 2.82. The molecule has 1 aromatic rings. The van der Waals surface area contributed by atoms with E-state index in [0.717, 1.165) is 13.2 Å². The Hall–Kier alpha value is -0.860. The summed E-state index contributed by atoms with van der Waals surface area (Å²) in [4.78, 5) is 0. The first kappa shape index (κ1) is 14.5. The molecular formula is C17H27NO. The molecule has 106 valence electrons. The normalized spacial score (nSPS) is 24.5. The molecule has 1 aliphatic heterocycles. The van der Waals surface area contributed by atoms with Crippen LogP contribution in [-0.2, 0) is 4.74 Å². The summed E-state index contributed by atoms with van der Waals surface area (Å²) in [6, 6.07) is 11.3. The summed E-state index contributed by atoms with van der Waals surface area (Å²) >= 11 is 0. The summed E-state index contributed by atoms with van der Waals surface area (Å²) in [6.45, 7) is 6.46. The van der Waals surface area contributed by atoms with Crippen molar-refractivity contribution < 1.29 is 4.74 Å². The standard InChI is InChI=1S/C17H27NO/c1-3-4-10-17(15-8-6-5-7-9-15)18-13-16-11-12-19-14(16)2/h5-9,14,16-18H,3-4,10-13H2,1-2H3. The van der Waals surface area contributed by atoms with Crippen LogP contribution in [0.1, 0.15) is 51.1 Å². The van der Waals surface area contributed by atoms with E-state index in [2.05, 4.69) is 49.5 Å². The number of ether oxygens (including phenoxy) is 1. The van der Waals surface area contributed by atoms with Gasteiger partial charge in [-0.25, -0.2) is 0 Å². The quantitative estimate of drug-likeness (QED) is 0.803. The predicted octanol–water partition coefficient (Wildman–Crippen LogP) is 3.93. The smallest absolute Gasteiger partial charge is 0.0588 e. The monoisotopic (exact) mass is 261 g/mol. The first-order chi connectivity index (χ1) is 9.31. The number of benzene rings is 1. The highest BCUT2D eigenvalue weighted by molar-refractivity contribution is 5.18. The zero-order chi connectivity index (χ0) is 13.5. The molecule has 0 radical (unpaired) electrons. The molecule has 0 spiro atoms. The lowest BCUT2D eigenvalue weighted by molar-refractivity contribution is 0.104. The van der Waals surface area contributed by atoms with Crippen molar-refractivity contribution >= 4 is 0 Å². The van der Waals surface area contributed by atoms with Gasteiger partial charge < -0.3 is 10.1 Å². The molecule has 2 nitrogen and oxygen atoms in total. The number of unbranched alkanes of at least 4 members (excludes halogenated alkanes) is 1. The maximum absolute atomic E-state index is 5.64. The first-order valence-corrected chi connectivity index (χ1v) is 7.71. The molecule has 0 saturated carbocycles. The van der Waals surface area contributed by atoms with Gasteiger partial charge in [-0.15, -0.1) is 0 Å². The van der Waals surface area contributed by atoms with Crippen LogP contribution in [0.3, 0.4) is 0 Å². The van der Waals surface area contributed by atoms with Crippen molar-refractivity contribution in [3.05, 3.63) is 35.9 Å². The summed E-state index contributed by atoms with van der Waals surface area (Å²) < 4.78 is 5.64. The van der Waals surface area contributed by atoms with Crippen molar-refractivity contribution in [2.75, 3.05) is 13.2 Å². The Morgan fingerprint density at radius 2 is 2.11 bits per heavy atom. The van der Waals surface area contributed by atoms with E-state index in [0.29, 0.717) is 18.1 Å². The Kier molecular flexibility index (Phi) is 5.87. The van der Waals surface area contributed by atoms with Crippen LogP contribution in [0.4, 0.5) is 0 Å². The second-order valence-electron chi connectivity index (χ2n) is 5.64. The van der Waals surface area contributed by atoms with Crippen LogP contribution >= 0.6 is 0 Å². The van der Waals surface area contributed by atoms with Gasteiger partial charge in [-0.2, -0.15) is 0 Å². The number of nitrogens with one attached hydrogen (secondary N) is 1. The van der Waals surface area contributed by atoms with Crippen LogP contribution < -0.4 is 5.32 Å². The predicted molar refractivity (Wildman–Crippen MR) is 80.2 cm³/mol. The highest BCUT2D eigenvalue weighted by atomic mass is 16.5. The van der Waals surface area contributed by atoms with Crippen LogP contribution in [0.2, 0.25) is 0 Å². The summed E-state index contributed by atoms with van der Waals surface area (Å²) in [5.74, 6) is 0.674. The molecule has 1 aliphatic rings. The Labute approximate surface area is 117 Å². The molecule has 19 heavy (non-hydrogen) atoms.